The van der Waals surface area contributed by atoms with Crippen LogP contribution in [0.2, 0.25) is 5.02 Å². The van der Waals surface area contributed by atoms with E-state index in [0.717, 1.165) is 39.0 Å². The third-order valence-electron chi connectivity index (χ3n) is 5.02. The second-order valence-electron chi connectivity index (χ2n) is 7.06. The van der Waals surface area contributed by atoms with E-state index in [1.165, 1.54) is 0 Å². The Bertz CT molecular complexity index is 1210. The van der Waals surface area contributed by atoms with Crippen LogP contribution in [-0.4, -0.2) is 27.2 Å². The molecule has 0 bridgehead atoms. The third kappa shape index (κ3) is 4.59. The van der Waals surface area contributed by atoms with E-state index in [9.17, 15) is 18.0 Å². The predicted octanol–water partition coefficient (Wildman–Crippen LogP) is 4.98. The molecule has 1 atom stereocenters. The van der Waals surface area contributed by atoms with E-state index in [2.05, 4.69) is 15.4 Å². The molecule has 31 heavy (non-hydrogen) atoms. The fourth-order valence-corrected chi connectivity index (χ4v) is 3.81. The van der Waals surface area contributed by atoms with E-state index >= 15 is 0 Å². The van der Waals surface area contributed by atoms with Gasteiger partial charge in [0, 0.05) is 40.8 Å². The molecule has 4 rings (SSSR count). The number of fused-ring (bicyclic) bond motifs is 1. The molecule has 2 heterocycles. The molecule has 0 fully saturated rings. The van der Waals surface area contributed by atoms with Crippen molar-refractivity contribution in [1.29, 1.82) is 0 Å². The summed E-state index contributed by atoms with van der Waals surface area (Å²) in [4.78, 5) is 15.7. The van der Waals surface area contributed by atoms with Crippen LogP contribution in [0.1, 0.15) is 22.7 Å². The Morgan fingerprint density at radius 2 is 1.84 bits per heavy atom. The normalized spacial score (nSPS) is 12.8. The largest absolute Gasteiger partial charge is 0.435 e. The van der Waals surface area contributed by atoms with Gasteiger partial charge in [-0.15, -0.1) is 0 Å². The number of aromatic nitrogens is 3. The summed E-state index contributed by atoms with van der Waals surface area (Å²) in [6.45, 7) is -0.100. The number of carbonyl (C=O) groups is 1. The molecule has 0 aliphatic rings. The van der Waals surface area contributed by atoms with Crippen molar-refractivity contribution in [2.24, 2.45) is 0 Å². The number of para-hydroxylation sites is 1. The summed E-state index contributed by atoms with van der Waals surface area (Å²) in [6, 6.07) is 16.0. The number of rotatable bonds is 6. The van der Waals surface area contributed by atoms with Gasteiger partial charge in [-0.05, 0) is 29.3 Å². The van der Waals surface area contributed by atoms with Crippen LogP contribution < -0.4 is 5.32 Å². The number of amides is 1. The van der Waals surface area contributed by atoms with Crippen LogP contribution in [0.25, 0.3) is 10.9 Å². The van der Waals surface area contributed by atoms with Gasteiger partial charge in [0.15, 0.2) is 5.69 Å². The summed E-state index contributed by atoms with van der Waals surface area (Å²) in [5, 5.41) is 7.79. The average molecular weight is 447 g/mol. The summed E-state index contributed by atoms with van der Waals surface area (Å²) in [7, 11) is 0. The molecule has 4 aromatic rings. The number of hydrogen-bond donors (Lipinski definition) is 2. The zero-order valence-corrected chi connectivity index (χ0v) is 16.9. The molecule has 0 saturated heterocycles. The van der Waals surface area contributed by atoms with Crippen LogP contribution in [0.3, 0.4) is 0 Å². The summed E-state index contributed by atoms with van der Waals surface area (Å²) in [5.41, 5.74) is 1.72. The predicted molar refractivity (Wildman–Crippen MR) is 112 cm³/mol. The first kappa shape index (κ1) is 21.0. The lowest BCUT2D eigenvalue weighted by atomic mass is 9.90. The Labute approximate surface area is 180 Å². The van der Waals surface area contributed by atoms with Crippen molar-refractivity contribution >= 4 is 28.4 Å². The lowest BCUT2D eigenvalue weighted by Gasteiger charge is -2.19. The topological polar surface area (TPSA) is 62.7 Å². The molecule has 9 heteroatoms. The van der Waals surface area contributed by atoms with Gasteiger partial charge in [0.05, 0.1) is 0 Å². The third-order valence-corrected chi connectivity index (χ3v) is 5.36. The Hall–Kier alpha value is -3.26. The van der Waals surface area contributed by atoms with Crippen molar-refractivity contribution in [3.05, 3.63) is 88.8 Å². The molecule has 160 valence electrons. The Morgan fingerprint density at radius 1 is 1.10 bits per heavy atom. The number of hydrogen-bond acceptors (Lipinski definition) is 2. The fraction of sp³-hybridized carbons (Fsp3) is 0.182. The first-order chi connectivity index (χ1) is 14.8. The number of benzene rings is 2. The van der Waals surface area contributed by atoms with Crippen molar-refractivity contribution in [3.63, 3.8) is 0 Å². The Balaban J connectivity index is 1.55. The molecule has 1 amide bonds. The second-order valence-corrected chi connectivity index (χ2v) is 7.47. The number of nitrogens with zero attached hydrogens (tertiary/aromatic N) is 2. The standard InChI is InChI=1S/C22H18ClF3N4O/c23-18-7-3-1-5-14(18)16(17-11-27-19-8-4-2-6-15(17)19)12-28-21(31)13-30-10-9-20(29-30)22(24,25)26/h1-11,16,27H,12-13H2,(H,28,31)/t16-/m0/s1. The minimum Gasteiger partial charge on any atom is -0.361 e. The van der Waals surface area contributed by atoms with Gasteiger partial charge in [0.25, 0.3) is 0 Å². The lowest BCUT2D eigenvalue weighted by molar-refractivity contribution is -0.141. The smallest absolute Gasteiger partial charge is 0.361 e. The summed E-state index contributed by atoms with van der Waals surface area (Å²) in [6.07, 6.45) is -1.53. The van der Waals surface area contributed by atoms with Crippen LogP contribution in [0, 0.1) is 0 Å². The van der Waals surface area contributed by atoms with Crippen LogP contribution in [0.15, 0.2) is 67.0 Å². The summed E-state index contributed by atoms with van der Waals surface area (Å²) < 4.78 is 39.1. The zero-order valence-electron chi connectivity index (χ0n) is 16.2. The van der Waals surface area contributed by atoms with Gasteiger partial charge >= 0.3 is 6.18 Å². The Morgan fingerprint density at radius 3 is 2.58 bits per heavy atom. The minimum absolute atomic E-state index is 0.220. The lowest BCUT2D eigenvalue weighted by Crippen LogP contribution is -2.32. The van der Waals surface area contributed by atoms with Gasteiger partial charge in [0.1, 0.15) is 6.54 Å². The van der Waals surface area contributed by atoms with Gasteiger partial charge in [-0.3, -0.25) is 9.48 Å². The van der Waals surface area contributed by atoms with E-state index in [1.54, 1.807) is 6.07 Å². The van der Waals surface area contributed by atoms with Gasteiger partial charge in [-0.25, -0.2) is 0 Å². The average Bonchev–Trinajstić information content (AvgIpc) is 3.37. The molecule has 2 aromatic carbocycles. The number of halogens is 4. The quantitative estimate of drug-likeness (QED) is 0.438. The maximum atomic E-state index is 12.7. The monoisotopic (exact) mass is 446 g/mol. The van der Waals surface area contributed by atoms with E-state index in [-0.39, 0.29) is 19.0 Å². The van der Waals surface area contributed by atoms with E-state index in [0.29, 0.717) is 5.02 Å². The summed E-state index contributed by atoms with van der Waals surface area (Å²) >= 11 is 6.43. The first-order valence-corrected chi connectivity index (χ1v) is 9.88. The molecule has 0 radical (unpaired) electrons. The number of alkyl halides is 3. The molecular formula is C22H18ClF3N4O. The van der Waals surface area contributed by atoms with Crippen LogP contribution in [0.5, 0.6) is 0 Å². The molecule has 5 nitrogen and oxygen atoms in total. The van der Waals surface area contributed by atoms with Gasteiger partial charge in [-0.1, -0.05) is 48.0 Å². The molecule has 2 N–H and O–H groups in total. The molecule has 0 spiro atoms. The number of H-pyrrole nitrogens is 1. The van der Waals surface area contributed by atoms with Gasteiger partial charge in [0.2, 0.25) is 5.91 Å². The molecule has 0 aliphatic heterocycles. The zero-order chi connectivity index (χ0) is 22.0. The highest BCUT2D eigenvalue weighted by atomic mass is 35.5. The second kappa shape index (κ2) is 8.47. The number of aromatic amines is 1. The van der Waals surface area contributed by atoms with Crippen molar-refractivity contribution in [2.45, 2.75) is 18.6 Å². The highest BCUT2D eigenvalue weighted by Crippen LogP contribution is 2.34. The van der Waals surface area contributed by atoms with Crippen LogP contribution in [0.4, 0.5) is 13.2 Å². The minimum atomic E-state index is -4.55. The van der Waals surface area contributed by atoms with Crippen LogP contribution in [-0.2, 0) is 17.5 Å². The van der Waals surface area contributed by atoms with Gasteiger partial charge in [-0.2, -0.15) is 18.3 Å². The molecule has 0 aliphatic carbocycles. The van der Waals surface area contributed by atoms with Crippen molar-refractivity contribution in [3.8, 4) is 0 Å². The molecular weight excluding hydrogens is 429 g/mol. The number of nitrogens with one attached hydrogen (secondary N) is 2. The van der Waals surface area contributed by atoms with Crippen molar-refractivity contribution in [2.75, 3.05) is 6.54 Å². The van der Waals surface area contributed by atoms with Crippen molar-refractivity contribution in [1.82, 2.24) is 20.1 Å². The Kier molecular flexibility index (Phi) is 5.73. The maximum absolute atomic E-state index is 12.7. The van der Waals surface area contributed by atoms with E-state index < -0.39 is 17.8 Å². The van der Waals surface area contributed by atoms with Crippen LogP contribution >= 0.6 is 11.6 Å². The molecule has 0 saturated carbocycles. The van der Waals surface area contributed by atoms with Crippen molar-refractivity contribution < 1.29 is 18.0 Å². The maximum Gasteiger partial charge on any atom is 0.435 e. The fourth-order valence-electron chi connectivity index (χ4n) is 3.55. The molecule has 0 unspecified atom stereocenters. The summed E-state index contributed by atoms with van der Waals surface area (Å²) in [5.74, 6) is -0.703. The first-order valence-electron chi connectivity index (χ1n) is 9.50. The van der Waals surface area contributed by atoms with Gasteiger partial charge < -0.3 is 10.3 Å². The highest BCUT2D eigenvalue weighted by molar-refractivity contribution is 6.31. The van der Waals surface area contributed by atoms with E-state index in [4.69, 9.17) is 11.6 Å². The SMILES string of the molecule is O=C(Cn1ccc(C(F)(F)F)n1)NC[C@@H](c1ccccc1Cl)c1c[nH]c2ccccc12. The van der Waals surface area contributed by atoms with E-state index in [1.807, 2.05) is 48.7 Å². The number of carbonyl (C=O) groups excluding carboxylic acids is 1. The molecule has 2 aromatic heterocycles. The highest BCUT2D eigenvalue weighted by Gasteiger charge is 2.33.